The second-order valence-corrected chi connectivity index (χ2v) is 4.19. The predicted molar refractivity (Wildman–Crippen MR) is 73.1 cm³/mol. The van der Waals surface area contributed by atoms with E-state index in [1.54, 1.807) is 7.11 Å². The van der Waals surface area contributed by atoms with Gasteiger partial charge in [-0.2, -0.15) is 5.26 Å². The largest absolute Gasteiger partial charge is 0.399 e. The molecular weight excluding hydrogens is 226 g/mol. The molecule has 0 bridgehead atoms. The summed E-state index contributed by atoms with van der Waals surface area (Å²) in [7, 11) is 1.69. The Balaban J connectivity index is 2.45. The molecule has 1 aromatic carbocycles. The van der Waals surface area contributed by atoms with Crippen LogP contribution in [-0.4, -0.2) is 38.3 Å². The normalized spacial score (nSPS) is 10.5. The molecular formula is C14H21N3O. The van der Waals surface area contributed by atoms with Crippen LogP contribution in [0.4, 0.5) is 5.69 Å². The van der Waals surface area contributed by atoms with E-state index in [1.165, 1.54) is 0 Å². The number of methoxy groups -OCH3 is 1. The van der Waals surface area contributed by atoms with Gasteiger partial charge in [0.15, 0.2) is 0 Å². The van der Waals surface area contributed by atoms with E-state index in [-0.39, 0.29) is 0 Å². The molecule has 18 heavy (non-hydrogen) atoms. The van der Waals surface area contributed by atoms with Gasteiger partial charge in [-0.3, -0.25) is 4.90 Å². The molecule has 0 fully saturated rings. The summed E-state index contributed by atoms with van der Waals surface area (Å²) in [4.78, 5) is 2.24. The first-order valence-electron chi connectivity index (χ1n) is 6.19. The maximum atomic E-state index is 8.64. The first-order chi connectivity index (χ1) is 8.77. The number of anilines is 1. The maximum absolute atomic E-state index is 8.64. The van der Waals surface area contributed by atoms with Gasteiger partial charge in [0.2, 0.25) is 0 Å². The number of benzene rings is 1. The first-order valence-corrected chi connectivity index (χ1v) is 6.19. The molecule has 98 valence electrons. The molecule has 0 saturated heterocycles. The zero-order chi connectivity index (χ0) is 13.2. The standard InChI is InChI=1S/C14H21N3O/c1-18-12-11-17(9-4-8-15)10-7-13-5-2-3-6-14(13)16/h2-3,5-6H,4,7,9-12,16H2,1H3. The summed E-state index contributed by atoms with van der Waals surface area (Å²) in [6, 6.07) is 10.1. The number of hydrogen-bond acceptors (Lipinski definition) is 4. The van der Waals surface area contributed by atoms with Crippen molar-refractivity contribution in [2.45, 2.75) is 12.8 Å². The average Bonchev–Trinajstić information content (AvgIpc) is 2.39. The molecule has 4 nitrogen and oxygen atoms in total. The molecule has 0 amide bonds. The topological polar surface area (TPSA) is 62.3 Å². The van der Waals surface area contributed by atoms with Gasteiger partial charge in [0, 0.05) is 38.9 Å². The average molecular weight is 247 g/mol. The van der Waals surface area contributed by atoms with Gasteiger partial charge in [0.05, 0.1) is 12.7 Å². The lowest BCUT2D eigenvalue weighted by Crippen LogP contribution is -2.30. The van der Waals surface area contributed by atoms with Gasteiger partial charge in [0.25, 0.3) is 0 Å². The van der Waals surface area contributed by atoms with Gasteiger partial charge in [-0.05, 0) is 18.1 Å². The molecule has 0 atom stereocenters. The van der Waals surface area contributed by atoms with E-state index in [0.29, 0.717) is 13.0 Å². The van der Waals surface area contributed by atoms with Gasteiger partial charge in [-0.25, -0.2) is 0 Å². The summed E-state index contributed by atoms with van der Waals surface area (Å²) in [5, 5.41) is 8.64. The smallest absolute Gasteiger partial charge is 0.0635 e. The Kier molecular flexibility index (Phi) is 6.85. The molecule has 0 aliphatic heterocycles. The summed E-state index contributed by atoms with van der Waals surface area (Å²) < 4.78 is 5.08. The molecule has 4 heteroatoms. The van der Waals surface area contributed by atoms with Crippen LogP contribution in [0.3, 0.4) is 0 Å². The quantitative estimate of drug-likeness (QED) is 0.710. The van der Waals surface area contributed by atoms with E-state index >= 15 is 0 Å². The molecule has 0 spiro atoms. The molecule has 1 rings (SSSR count). The molecule has 0 aliphatic carbocycles. The predicted octanol–water partition coefficient (Wildman–Crippen LogP) is 1.67. The fraction of sp³-hybridized carbons (Fsp3) is 0.500. The second kappa shape index (κ2) is 8.51. The van der Waals surface area contributed by atoms with E-state index in [9.17, 15) is 0 Å². The minimum Gasteiger partial charge on any atom is -0.399 e. The highest BCUT2D eigenvalue weighted by atomic mass is 16.5. The van der Waals surface area contributed by atoms with Crippen LogP contribution in [0.2, 0.25) is 0 Å². The number of ether oxygens (including phenoxy) is 1. The lowest BCUT2D eigenvalue weighted by Gasteiger charge is -2.21. The SMILES string of the molecule is COCCN(CCC#N)CCc1ccccc1N. The van der Waals surface area contributed by atoms with Crippen molar-refractivity contribution in [2.75, 3.05) is 39.1 Å². The summed E-state index contributed by atoms with van der Waals surface area (Å²) in [6.07, 6.45) is 1.45. The molecule has 0 aliphatic rings. The second-order valence-electron chi connectivity index (χ2n) is 4.19. The van der Waals surface area contributed by atoms with Crippen molar-refractivity contribution in [1.29, 1.82) is 5.26 Å². The van der Waals surface area contributed by atoms with Crippen molar-refractivity contribution in [1.82, 2.24) is 4.90 Å². The van der Waals surface area contributed by atoms with Crippen LogP contribution in [0.5, 0.6) is 0 Å². The molecule has 0 aromatic heterocycles. The minimum absolute atomic E-state index is 0.550. The Morgan fingerprint density at radius 2 is 2.06 bits per heavy atom. The van der Waals surface area contributed by atoms with E-state index in [2.05, 4.69) is 11.0 Å². The third-order valence-corrected chi connectivity index (χ3v) is 2.90. The number of nitrogen functional groups attached to an aromatic ring is 1. The highest BCUT2D eigenvalue weighted by molar-refractivity contribution is 5.46. The highest BCUT2D eigenvalue weighted by Gasteiger charge is 2.06. The van der Waals surface area contributed by atoms with Crippen LogP contribution >= 0.6 is 0 Å². The molecule has 2 N–H and O–H groups in total. The van der Waals surface area contributed by atoms with Crippen molar-refractivity contribution in [2.24, 2.45) is 0 Å². The zero-order valence-corrected chi connectivity index (χ0v) is 10.9. The molecule has 0 saturated carbocycles. The Morgan fingerprint density at radius 3 is 2.72 bits per heavy atom. The Hall–Kier alpha value is -1.57. The Labute approximate surface area is 109 Å². The minimum atomic E-state index is 0.550. The van der Waals surface area contributed by atoms with E-state index in [4.69, 9.17) is 15.7 Å². The number of para-hydroxylation sites is 1. The van der Waals surface area contributed by atoms with Crippen LogP contribution < -0.4 is 5.73 Å². The molecule has 0 heterocycles. The Bertz CT molecular complexity index is 387. The summed E-state index contributed by atoms with van der Waals surface area (Å²) >= 11 is 0. The first kappa shape index (κ1) is 14.5. The van der Waals surface area contributed by atoms with Gasteiger partial charge < -0.3 is 10.5 Å². The van der Waals surface area contributed by atoms with Crippen LogP contribution in [0.25, 0.3) is 0 Å². The fourth-order valence-corrected chi connectivity index (χ4v) is 1.80. The Morgan fingerprint density at radius 1 is 1.28 bits per heavy atom. The molecule has 0 unspecified atom stereocenters. The fourth-order valence-electron chi connectivity index (χ4n) is 1.80. The summed E-state index contributed by atoms with van der Waals surface area (Å²) in [5.74, 6) is 0. The number of rotatable bonds is 8. The van der Waals surface area contributed by atoms with Crippen LogP contribution in [0.15, 0.2) is 24.3 Å². The number of hydrogen-bond donors (Lipinski definition) is 1. The number of nitriles is 1. The van der Waals surface area contributed by atoms with Crippen molar-refractivity contribution in [3.8, 4) is 6.07 Å². The molecule has 1 aromatic rings. The number of nitrogens with two attached hydrogens (primary N) is 1. The van der Waals surface area contributed by atoms with Gasteiger partial charge >= 0.3 is 0 Å². The number of nitrogens with zero attached hydrogens (tertiary/aromatic N) is 2. The van der Waals surface area contributed by atoms with Gasteiger partial charge in [0.1, 0.15) is 0 Å². The van der Waals surface area contributed by atoms with Crippen molar-refractivity contribution in [3.63, 3.8) is 0 Å². The lowest BCUT2D eigenvalue weighted by molar-refractivity contribution is 0.149. The van der Waals surface area contributed by atoms with E-state index in [0.717, 1.165) is 37.3 Å². The van der Waals surface area contributed by atoms with Gasteiger partial charge in [-0.1, -0.05) is 18.2 Å². The maximum Gasteiger partial charge on any atom is 0.0635 e. The van der Waals surface area contributed by atoms with Crippen molar-refractivity contribution < 1.29 is 4.74 Å². The lowest BCUT2D eigenvalue weighted by atomic mass is 10.1. The summed E-state index contributed by atoms with van der Waals surface area (Å²) in [5.41, 5.74) is 7.91. The summed E-state index contributed by atoms with van der Waals surface area (Å²) in [6.45, 7) is 3.23. The van der Waals surface area contributed by atoms with Gasteiger partial charge in [-0.15, -0.1) is 0 Å². The van der Waals surface area contributed by atoms with Crippen LogP contribution in [0, 0.1) is 11.3 Å². The van der Waals surface area contributed by atoms with Crippen molar-refractivity contribution in [3.05, 3.63) is 29.8 Å². The highest BCUT2D eigenvalue weighted by Crippen LogP contribution is 2.11. The van der Waals surface area contributed by atoms with E-state index in [1.807, 2.05) is 24.3 Å². The zero-order valence-electron chi connectivity index (χ0n) is 10.9. The third-order valence-electron chi connectivity index (χ3n) is 2.90. The van der Waals surface area contributed by atoms with Crippen LogP contribution in [0.1, 0.15) is 12.0 Å². The van der Waals surface area contributed by atoms with E-state index < -0.39 is 0 Å². The third kappa shape index (κ3) is 5.17. The van der Waals surface area contributed by atoms with Crippen molar-refractivity contribution >= 4 is 5.69 Å². The monoisotopic (exact) mass is 247 g/mol. The molecule has 0 radical (unpaired) electrons. The van der Waals surface area contributed by atoms with Crippen LogP contribution in [-0.2, 0) is 11.2 Å².